The lowest BCUT2D eigenvalue weighted by Crippen LogP contribution is -2.34. The van der Waals surface area contributed by atoms with Crippen LogP contribution in [-0.4, -0.2) is 23.9 Å². The van der Waals surface area contributed by atoms with Crippen molar-refractivity contribution >= 4 is 5.91 Å². The van der Waals surface area contributed by atoms with Crippen LogP contribution in [0.3, 0.4) is 0 Å². The standard InChI is InChI=1S/C15H23NO/c1-3-7-16(8-4-2)15(17)11-14-10-12-5-6-13(14)9-12/h1,12-14H,4-11H2,2H3. The molecule has 2 aliphatic rings. The Morgan fingerprint density at radius 3 is 2.76 bits per heavy atom. The van der Waals surface area contributed by atoms with Crippen molar-refractivity contribution < 1.29 is 4.79 Å². The molecule has 2 nitrogen and oxygen atoms in total. The summed E-state index contributed by atoms with van der Waals surface area (Å²) >= 11 is 0. The number of amides is 1. The van der Waals surface area contributed by atoms with Crippen molar-refractivity contribution in [1.82, 2.24) is 4.90 Å². The topological polar surface area (TPSA) is 20.3 Å². The second-order valence-corrected chi connectivity index (χ2v) is 5.66. The summed E-state index contributed by atoms with van der Waals surface area (Å²) in [6.07, 6.45) is 12.5. The van der Waals surface area contributed by atoms with Gasteiger partial charge in [-0.25, -0.2) is 0 Å². The van der Waals surface area contributed by atoms with Gasteiger partial charge in [-0.1, -0.05) is 19.3 Å². The summed E-state index contributed by atoms with van der Waals surface area (Å²) in [5.74, 6) is 5.28. The second-order valence-electron chi connectivity index (χ2n) is 5.66. The molecular formula is C15H23NO. The molecule has 0 aliphatic heterocycles. The van der Waals surface area contributed by atoms with Gasteiger partial charge in [-0.15, -0.1) is 6.42 Å². The van der Waals surface area contributed by atoms with Crippen LogP contribution in [0.25, 0.3) is 0 Å². The van der Waals surface area contributed by atoms with Crippen molar-refractivity contribution in [3.63, 3.8) is 0 Å². The fourth-order valence-electron chi connectivity index (χ4n) is 3.65. The first-order valence-electron chi connectivity index (χ1n) is 6.95. The molecule has 0 saturated heterocycles. The molecule has 2 bridgehead atoms. The Hall–Kier alpha value is -0.970. The van der Waals surface area contributed by atoms with E-state index in [-0.39, 0.29) is 5.91 Å². The van der Waals surface area contributed by atoms with Crippen LogP contribution >= 0.6 is 0 Å². The van der Waals surface area contributed by atoms with Crippen molar-refractivity contribution in [2.45, 2.75) is 45.4 Å². The molecule has 2 aliphatic carbocycles. The summed E-state index contributed by atoms with van der Waals surface area (Å²) < 4.78 is 0. The van der Waals surface area contributed by atoms with Gasteiger partial charge in [0.2, 0.25) is 5.91 Å². The van der Waals surface area contributed by atoms with Gasteiger partial charge in [0.25, 0.3) is 0 Å². The van der Waals surface area contributed by atoms with Crippen molar-refractivity contribution in [3.05, 3.63) is 0 Å². The largest absolute Gasteiger partial charge is 0.332 e. The predicted octanol–water partition coefficient (Wildman–Crippen LogP) is 2.68. The normalized spacial score (nSPS) is 30.2. The minimum Gasteiger partial charge on any atom is -0.332 e. The van der Waals surface area contributed by atoms with Gasteiger partial charge in [-0.2, -0.15) is 0 Å². The maximum absolute atomic E-state index is 12.2. The molecule has 3 unspecified atom stereocenters. The van der Waals surface area contributed by atoms with E-state index in [0.29, 0.717) is 12.5 Å². The zero-order valence-electron chi connectivity index (χ0n) is 10.8. The zero-order valence-corrected chi connectivity index (χ0v) is 10.8. The van der Waals surface area contributed by atoms with Gasteiger partial charge in [0.1, 0.15) is 0 Å². The highest BCUT2D eigenvalue weighted by molar-refractivity contribution is 5.76. The lowest BCUT2D eigenvalue weighted by Gasteiger charge is -2.25. The summed E-state index contributed by atoms with van der Waals surface area (Å²) in [6, 6.07) is 0. The first kappa shape index (κ1) is 12.5. The summed E-state index contributed by atoms with van der Waals surface area (Å²) in [4.78, 5) is 14.0. The number of terminal acetylenes is 1. The molecule has 0 aromatic heterocycles. The van der Waals surface area contributed by atoms with Gasteiger partial charge in [0, 0.05) is 13.0 Å². The molecule has 0 spiro atoms. The third-order valence-electron chi connectivity index (χ3n) is 4.45. The Balaban J connectivity index is 1.85. The van der Waals surface area contributed by atoms with E-state index in [2.05, 4.69) is 12.8 Å². The molecule has 3 atom stereocenters. The quantitative estimate of drug-likeness (QED) is 0.669. The molecular weight excluding hydrogens is 210 g/mol. The van der Waals surface area contributed by atoms with Crippen LogP contribution in [0.4, 0.5) is 0 Å². The van der Waals surface area contributed by atoms with E-state index in [1.165, 1.54) is 25.7 Å². The van der Waals surface area contributed by atoms with E-state index in [1.54, 1.807) is 0 Å². The van der Waals surface area contributed by atoms with Crippen molar-refractivity contribution in [2.75, 3.05) is 13.1 Å². The third kappa shape index (κ3) is 2.83. The molecule has 0 aromatic rings. The molecule has 17 heavy (non-hydrogen) atoms. The highest BCUT2D eigenvalue weighted by Crippen LogP contribution is 2.49. The smallest absolute Gasteiger partial charge is 0.223 e. The van der Waals surface area contributed by atoms with Crippen LogP contribution < -0.4 is 0 Å². The lowest BCUT2D eigenvalue weighted by atomic mass is 9.86. The molecule has 94 valence electrons. The van der Waals surface area contributed by atoms with Crippen LogP contribution in [-0.2, 0) is 4.79 Å². The van der Waals surface area contributed by atoms with E-state index in [9.17, 15) is 4.79 Å². The first-order chi connectivity index (χ1) is 8.24. The number of carbonyl (C=O) groups excluding carboxylic acids is 1. The minimum absolute atomic E-state index is 0.280. The second kappa shape index (κ2) is 5.58. The summed E-state index contributed by atoms with van der Waals surface area (Å²) in [6.45, 7) is 3.38. The molecule has 0 N–H and O–H groups in total. The highest BCUT2D eigenvalue weighted by Gasteiger charge is 2.40. The van der Waals surface area contributed by atoms with Crippen molar-refractivity contribution in [3.8, 4) is 12.3 Å². The van der Waals surface area contributed by atoms with E-state index in [0.717, 1.165) is 31.2 Å². The molecule has 2 heteroatoms. The monoisotopic (exact) mass is 233 g/mol. The number of carbonyl (C=O) groups is 1. The number of rotatable bonds is 5. The average molecular weight is 233 g/mol. The van der Waals surface area contributed by atoms with Gasteiger partial charge in [0.05, 0.1) is 6.54 Å². The zero-order chi connectivity index (χ0) is 12.3. The first-order valence-corrected chi connectivity index (χ1v) is 6.95. The Labute approximate surface area is 105 Å². The van der Waals surface area contributed by atoms with Crippen molar-refractivity contribution in [2.24, 2.45) is 17.8 Å². The van der Waals surface area contributed by atoms with Crippen LogP contribution in [0.15, 0.2) is 0 Å². The summed E-state index contributed by atoms with van der Waals surface area (Å²) in [5, 5.41) is 0. The van der Waals surface area contributed by atoms with Gasteiger partial charge in [-0.3, -0.25) is 4.79 Å². The average Bonchev–Trinajstić information content (AvgIpc) is 2.90. The van der Waals surface area contributed by atoms with Crippen LogP contribution in [0.5, 0.6) is 0 Å². The Morgan fingerprint density at radius 2 is 2.24 bits per heavy atom. The minimum atomic E-state index is 0.280. The molecule has 2 saturated carbocycles. The fourth-order valence-corrected chi connectivity index (χ4v) is 3.65. The predicted molar refractivity (Wildman–Crippen MR) is 69.3 cm³/mol. The highest BCUT2D eigenvalue weighted by atomic mass is 16.2. The number of hydrogen-bond acceptors (Lipinski definition) is 1. The summed E-state index contributed by atoms with van der Waals surface area (Å²) in [7, 11) is 0. The SMILES string of the molecule is C#CCN(CCC)C(=O)CC1CC2CCC1C2. The van der Waals surface area contributed by atoms with Gasteiger partial charge in [-0.05, 0) is 43.4 Å². The fraction of sp³-hybridized carbons (Fsp3) is 0.800. The maximum Gasteiger partial charge on any atom is 0.223 e. The third-order valence-corrected chi connectivity index (χ3v) is 4.45. The molecule has 2 rings (SSSR count). The van der Waals surface area contributed by atoms with E-state index < -0.39 is 0 Å². The van der Waals surface area contributed by atoms with Gasteiger partial charge >= 0.3 is 0 Å². The van der Waals surface area contributed by atoms with Gasteiger partial charge in [0.15, 0.2) is 0 Å². The number of nitrogens with zero attached hydrogens (tertiary/aromatic N) is 1. The van der Waals surface area contributed by atoms with E-state index in [1.807, 2.05) is 4.90 Å². The Kier molecular flexibility index (Phi) is 4.10. The van der Waals surface area contributed by atoms with E-state index >= 15 is 0 Å². The number of fused-ring (bicyclic) bond motifs is 2. The molecule has 0 aromatic carbocycles. The molecule has 1 amide bonds. The van der Waals surface area contributed by atoms with E-state index in [4.69, 9.17) is 6.42 Å². The Bertz CT molecular complexity index is 317. The Morgan fingerprint density at radius 1 is 1.41 bits per heavy atom. The number of hydrogen-bond donors (Lipinski definition) is 0. The van der Waals surface area contributed by atoms with Crippen LogP contribution in [0, 0.1) is 30.1 Å². The molecule has 0 radical (unpaired) electrons. The molecule has 0 heterocycles. The van der Waals surface area contributed by atoms with Gasteiger partial charge < -0.3 is 4.90 Å². The maximum atomic E-state index is 12.2. The lowest BCUT2D eigenvalue weighted by molar-refractivity contribution is -0.132. The molecule has 2 fully saturated rings. The summed E-state index contributed by atoms with van der Waals surface area (Å²) in [5.41, 5.74) is 0. The van der Waals surface area contributed by atoms with Crippen LogP contribution in [0.1, 0.15) is 45.4 Å². The van der Waals surface area contributed by atoms with Crippen molar-refractivity contribution in [1.29, 1.82) is 0 Å². The van der Waals surface area contributed by atoms with Crippen LogP contribution in [0.2, 0.25) is 0 Å².